The molecular weight excluding hydrogens is 156 g/mol. The molecule has 0 N–H and O–H groups in total. The van der Waals surface area contributed by atoms with E-state index in [2.05, 4.69) is 0 Å². The highest BCUT2D eigenvalue weighted by Crippen LogP contribution is 2.16. The fourth-order valence-electron chi connectivity index (χ4n) is 1.000. The third-order valence-corrected chi connectivity index (χ3v) is 1.50. The number of ether oxygens (including phenoxy) is 1. The number of esters is 1. The summed E-state index contributed by atoms with van der Waals surface area (Å²) in [5.74, 6) is -0.359. The molecule has 70 valence electrons. The summed E-state index contributed by atoms with van der Waals surface area (Å²) in [6, 6.07) is 0. The lowest BCUT2D eigenvalue weighted by Gasteiger charge is -2.10. The second kappa shape index (κ2) is 4.91. The van der Waals surface area contributed by atoms with Crippen LogP contribution in [0, 0.1) is 5.92 Å². The van der Waals surface area contributed by atoms with E-state index in [9.17, 15) is 9.59 Å². The highest BCUT2D eigenvalue weighted by atomic mass is 16.6. The van der Waals surface area contributed by atoms with Gasteiger partial charge in [-0.2, -0.15) is 0 Å². The minimum atomic E-state index is -0.479. The van der Waals surface area contributed by atoms with Crippen LogP contribution in [0.1, 0.15) is 34.1 Å². The standard InChI is InChI=1S/C7H10O3.C2H6/c1-4(2)7-5(8)3-6(9)10-7;1-2/h4,7H,3H2,1-2H3;1-2H3. The molecule has 1 aliphatic rings. The zero-order chi connectivity index (χ0) is 9.72. The fourth-order valence-corrected chi connectivity index (χ4v) is 1.000. The zero-order valence-corrected chi connectivity index (χ0v) is 8.09. The van der Waals surface area contributed by atoms with Gasteiger partial charge in [0, 0.05) is 0 Å². The normalized spacial score (nSPS) is 21.9. The van der Waals surface area contributed by atoms with Crippen molar-refractivity contribution in [2.24, 2.45) is 5.92 Å². The van der Waals surface area contributed by atoms with Crippen LogP contribution in [-0.4, -0.2) is 17.9 Å². The van der Waals surface area contributed by atoms with Crippen molar-refractivity contribution in [3.05, 3.63) is 0 Å². The molecule has 1 aliphatic heterocycles. The van der Waals surface area contributed by atoms with Crippen LogP contribution in [0.3, 0.4) is 0 Å². The number of hydrogen-bond donors (Lipinski definition) is 0. The van der Waals surface area contributed by atoms with Gasteiger partial charge in [-0.15, -0.1) is 0 Å². The Labute approximate surface area is 73.1 Å². The first-order valence-corrected chi connectivity index (χ1v) is 4.33. The van der Waals surface area contributed by atoms with Gasteiger partial charge in [0.15, 0.2) is 11.9 Å². The van der Waals surface area contributed by atoms with Crippen molar-refractivity contribution in [1.82, 2.24) is 0 Å². The Morgan fingerprint density at radius 3 is 2.00 bits per heavy atom. The highest BCUT2D eigenvalue weighted by molar-refractivity contribution is 6.03. The molecule has 0 amide bonds. The lowest BCUT2D eigenvalue weighted by Crippen LogP contribution is -2.21. The average molecular weight is 172 g/mol. The molecule has 1 atom stereocenters. The first-order chi connectivity index (χ1) is 5.61. The molecule has 1 unspecified atom stereocenters. The van der Waals surface area contributed by atoms with Gasteiger partial charge in [-0.1, -0.05) is 27.7 Å². The van der Waals surface area contributed by atoms with Crippen LogP contribution >= 0.6 is 0 Å². The summed E-state index contributed by atoms with van der Waals surface area (Å²) >= 11 is 0. The summed E-state index contributed by atoms with van der Waals surface area (Å²) in [7, 11) is 0. The minimum absolute atomic E-state index is 0.0388. The van der Waals surface area contributed by atoms with Crippen molar-refractivity contribution >= 4 is 11.8 Å². The molecule has 1 saturated heterocycles. The van der Waals surface area contributed by atoms with E-state index in [4.69, 9.17) is 4.74 Å². The van der Waals surface area contributed by atoms with Gasteiger partial charge in [-0.05, 0) is 5.92 Å². The fraction of sp³-hybridized carbons (Fsp3) is 0.778. The van der Waals surface area contributed by atoms with Crippen LogP contribution in [0.2, 0.25) is 0 Å². The van der Waals surface area contributed by atoms with Crippen LogP contribution in [0.15, 0.2) is 0 Å². The third kappa shape index (κ3) is 2.64. The van der Waals surface area contributed by atoms with E-state index in [1.165, 1.54) is 0 Å². The Bertz CT molecular complexity index is 173. The molecule has 0 aromatic rings. The van der Waals surface area contributed by atoms with E-state index in [1.807, 2.05) is 27.7 Å². The number of hydrogen-bond acceptors (Lipinski definition) is 3. The van der Waals surface area contributed by atoms with Gasteiger partial charge in [0.1, 0.15) is 6.42 Å². The van der Waals surface area contributed by atoms with E-state index < -0.39 is 6.10 Å². The van der Waals surface area contributed by atoms with Crippen LogP contribution in [0.4, 0.5) is 0 Å². The SMILES string of the molecule is CC.CC(C)C1OC(=O)CC1=O. The Hall–Kier alpha value is -0.860. The van der Waals surface area contributed by atoms with E-state index in [0.717, 1.165) is 0 Å². The predicted octanol–water partition coefficient (Wildman–Crippen LogP) is 1.55. The number of ketones is 1. The Morgan fingerprint density at radius 1 is 1.33 bits per heavy atom. The van der Waals surface area contributed by atoms with Crippen LogP contribution in [0.5, 0.6) is 0 Å². The van der Waals surface area contributed by atoms with Gasteiger partial charge in [-0.25, -0.2) is 0 Å². The summed E-state index contributed by atoms with van der Waals surface area (Å²) in [5, 5.41) is 0. The van der Waals surface area contributed by atoms with Crippen molar-refractivity contribution in [1.29, 1.82) is 0 Å². The van der Waals surface area contributed by atoms with E-state index >= 15 is 0 Å². The predicted molar refractivity (Wildman–Crippen MR) is 45.7 cm³/mol. The van der Waals surface area contributed by atoms with Crippen molar-refractivity contribution in [2.45, 2.75) is 40.2 Å². The summed E-state index contributed by atoms with van der Waals surface area (Å²) in [4.78, 5) is 21.4. The second-order valence-corrected chi connectivity index (χ2v) is 2.80. The maximum atomic E-state index is 10.9. The minimum Gasteiger partial charge on any atom is -0.454 e. The molecule has 1 rings (SSSR count). The second-order valence-electron chi connectivity index (χ2n) is 2.80. The van der Waals surface area contributed by atoms with Gasteiger partial charge in [0.25, 0.3) is 0 Å². The summed E-state index contributed by atoms with van der Waals surface area (Å²) < 4.78 is 4.75. The number of carbonyl (C=O) groups is 2. The van der Waals surface area contributed by atoms with Crippen molar-refractivity contribution in [3.63, 3.8) is 0 Å². The van der Waals surface area contributed by atoms with Gasteiger partial charge >= 0.3 is 5.97 Å². The largest absolute Gasteiger partial charge is 0.454 e. The highest BCUT2D eigenvalue weighted by Gasteiger charge is 2.34. The quantitative estimate of drug-likeness (QED) is 0.445. The molecule has 0 saturated carbocycles. The van der Waals surface area contributed by atoms with E-state index in [1.54, 1.807) is 0 Å². The van der Waals surface area contributed by atoms with Crippen LogP contribution < -0.4 is 0 Å². The van der Waals surface area contributed by atoms with E-state index in [-0.39, 0.29) is 24.1 Å². The average Bonchev–Trinajstić information content (AvgIpc) is 2.34. The Morgan fingerprint density at radius 2 is 1.83 bits per heavy atom. The lowest BCUT2D eigenvalue weighted by atomic mass is 10.0. The molecule has 12 heavy (non-hydrogen) atoms. The number of rotatable bonds is 1. The Kier molecular flexibility index (Phi) is 4.55. The molecule has 0 radical (unpaired) electrons. The van der Waals surface area contributed by atoms with Crippen molar-refractivity contribution < 1.29 is 14.3 Å². The summed E-state index contributed by atoms with van der Waals surface area (Å²) in [6.45, 7) is 7.72. The first-order valence-electron chi connectivity index (χ1n) is 4.33. The molecular formula is C9H16O3. The number of carbonyl (C=O) groups excluding carboxylic acids is 2. The third-order valence-electron chi connectivity index (χ3n) is 1.50. The number of Topliss-reactive ketones (excluding diaryl/α,β-unsaturated/α-hetero) is 1. The van der Waals surface area contributed by atoms with Gasteiger partial charge in [0.2, 0.25) is 0 Å². The smallest absolute Gasteiger partial charge is 0.314 e. The summed E-state index contributed by atoms with van der Waals surface area (Å²) in [6.07, 6.45) is -0.518. The Balaban J connectivity index is 0.000000561. The molecule has 0 spiro atoms. The van der Waals surface area contributed by atoms with E-state index in [0.29, 0.717) is 0 Å². The maximum absolute atomic E-state index is 10.9. The van der Waals surface area contributed by atoms with Gasteiger partial charge in [-0.3, -0.25) is 9.59 Å². The summed E-state index contributed by atoms with van der Waals surface area (Å²) in [5.41, 5.74) is 0. The topological polar surface area (TPSA) is 43.4 Å². The zero-order valence-electron chi connectivity index (χ0n) is 8.09. The lowest BCUT2D eigenvalue weighted by molar-refractivity contribution is -0.144. The van der Waals surface area contributed by atoms with Gasteiger partial charge < -0.3 is 4.74 Å². The van der Waals surface area contributed by atoms with Crippen LogP contribution in [-0.2, 0) is 14.3 Å². The monoisotopic (exact) mass is 172 g/mol. The molecule has 0 aromatic heterocycles. The van der Waals surface area contributed by atoms with Crippen molar-refractivity contribution in [3.8, 4) is 0 Å². The first kappa shape index (κ1) is 11.1. The molecule has 0 aromatic carbocycles. The van der Waals surface area contributed by atoms with Crippen molar-refractivity contribution in [2.75, 3.05) is 0 Å². The molecule has 0 bridgehead atoms. The maximum Gasteiger partial charge on any atom is 0.314 e. The molecule has 3 heteroatoms. The molecule has 0 aliphatic carbocycles. The van der Waals surface area contributed by atoms with Gasteiger partial charge in [0.05, 0.1) is 0 Å². The van der Waals surface area contributed by atoms with Crippen LogP contribution in [0.25, 0.3) is 0 Å². The number of cyclic esters (lactones) is 1. The molecule has 3 nitrogen and oxygen atoms in total. The molecule has 1 fully saturated rings. The molecule has 1 heterocycles.